The van der Waals surface area contributed by atoms with Gasteiger partial charge in [0, 0.05) is 19.4 Å². The lowest BCUT2D eigenvalue weighted by Gasteiger charge is -2.43. The highest BCUT2D eigenvalue weighted by Crippen LogP contribution is 2.29. The number of Topliss-reactive ketones (excluding diaryl/α,β-unsaturated/α-hetero) is 1. The first kappa shape index (κ1) is 15.7. The van der Waals surface area contributed by atoms with Gasteiger partial charge in [0.05, 0.1) is 23.6 Å². The number of fused-ring (bicyclic) bond motifs is 1. The quantitative estimate of drug-likeness (QED) is 0.782. The van der Waals surface area contributed by atoms with Crippen LogP contribution in [-0.2, 0) is 9.53 Å². The second kappa shape index (κ2) is 7.38. The number of morpholine rings is 1. The van der Waals surface area contributed by atoms with Gasteiger partial charge in [-0.25, -0.2) is 0 Å². The predicted octanol–water partition coefficient (Wildman–Crippen LogP) is 3.27. The molecule has 4 nitrogen and oxygen atoms in total. The van der Waals surface area contributed by atoms with Crippen molar-refractivity contribution < 1.29 is 14.3 Å². The van der Waals surface area contributed by atoms with Crippen molar-refractivity contribution in [3.63, 3.8) is 0 Å². The Balaban J connectivity index is 1.48. The standard InChI is InChI=1S/C17H23NO3S/c19-14(16-8-4-12-22-16)6-3-9-17(20)18-10-11-21-15-7-2-1-5-13(15)18/h4,8,12-13,15H,1-3,5-7,9-11H2. The third-order valence-corrected chi connectivity index (χ3v) is 5.55. The fraction of sp³-hybridized carbons (Fsp3) is 0.647. The second-order valence-electron chi connectivity index (χ2n) is 6.10. The van der Waals surface area contributed by atoms with Crippen LogP contribution in [0.3, 0.4) is 0 Å². The van der Waals surface area contributed by atoms with E-state index in [2.05, 4.69) is 0 Å². The Bertz CT molecular complexity index is 512. The minimum absolute atomic E-state index is 0.153. The van der Waals surface area contributed by atoms with E-state index < -0.39 is 0 Å². The molecule has 2 unspecified atom stereocenters. The van der Waals surface area contributed by atoms with Crippen LogP contribution in [0.25, 0.3) is 0 Å². The van der Waals surface area contributed by atoms with Gasteiger partial charge in [0.15, 0.2) is 5.78 Å². The Morgan fingerprint density at radius 2 is 2.14 bits per heavy atom. The molecule has 2 aliphatic rings. The Kier molecular flexibility index (Phi) is 5.26. The van der Waals surface area contributed by atoms with Crippen LogP contribution in [0.2, 0.25) is 0 Å². The zero-order chi connectivity index (χ0) is 15.4. The normalized spacial score (nSPS) is 24.8. The molecule has 120 valence electrons. The molecule has 0 aromatic carbocycles. The molecule has 1 aliphatic carbocycles. The predicted molar refractivity (Wildman–Crippen MR) is 86.2 cm³/mol. The van der Waals surface area contributed by atoms with Gasteiger partial charge in [0.1, 0.15) is 0 Å². The van der Waals surface area contributed by atoms with Crippen LogP contribution in [0.15, 0.2) is 17.5 Å². The largest absolute Gasteiger partial charge is 0.374 e. The van der Waals surface area contributed by atoms with Crippen molar-refractivity contribution in [2.24, 2.45) is 0 Å². The van der Waals surface area contributed by atoms with Crippen molar-refractivity contribution in [3.8, 4) is 0 Å². The molecule has 2 heterocycles. The van der Waals surface area contributed by atoms with Crippen LogP contribution in [-0.4, -0.2) is 41.9 Å². The van der Waals surface area contributed by atoms with Gasteiger partial charge in [-0.1, -0.05) is 18.9 Å². The van der Waals surface area contributed by atoms with E-state index in [0.717, 1.165) is 17.7 Å². The summed E-state index contributed by atoms with van der Waals surface area (Å²) >= 11 is 1.47. The minimum atomic E-state index is 0.153. The summed E-state index contributed by atoms with van der Waals surface area (Å²) in [7, 11) is 0. The zero-order valence-corrected chi connectivity index (χ0v) is 13.6. The SMILES string of the molecule is O=C(CCCC(=O)N1CCOC2CCCCC21)c1cccs1. The summed E-state index contributed by atoms with van der Waals surface area (Å²) in [6, 6.07) is 4.01. The average Bonchev–Trinajstić information content (AvgIpc) is 3.08. The van der Waals surface area contributed by atoms with Gasteiger partial charge >= 0.3 is 0 Å². The van der Waals surface area contributed by atoms with E-state index in [1.165, 1.54) is 24.2 Å². The fourth-order valence-corrected chi connectivity index (χ4v) is 4.20. The number of amides is 1. The molecule has 0 bridgehead atoms. The lowest BCUT2D eigenvalue weighted by Crippen LogP contribution is -2.54. The number of carbonyl (C=O) groups is 2. The highest BCUT2D eigenvalue weighted by Gasteiger charge is 2.36. The summed E-state index contributed by atoms with van der Waals surface area (Å²) in [5, 5.41) is 1.91. The van der Waals surface area contributed by atoms with Crippen LogP contribution in [0.5, 0.6) is 0 Å². The molecule has 3 rings (SSSR count). The maximum Gasteiger partial charge on any atom is 0.222 e. The zero-order valence-electron chi connectivity index (χ0n) is 12.8. The van der Waals surface area contributed by atoms with E-state index in [1.807, 2.05) is 22.4 Å². The molecule has 2 atom stereocenters. The summed E-state index contributed by atoms with van der Waals surface area (Å²) < 4.78 is 5.81. The summed E-state index contributed by atoms with van der Waals surface area (Å²) in [4.78, 5) is 27.3. The van der Waals surface area contributed by atoms with E-state index in [0.29, 0.717) is 32.4 Å². The molecule has 0 radical (unpaired) electrons. The average molecular weight is 321 g/mol. The Hall–Kier alpha value is -1.20. The van der Waals surface area contributed by atoms with Gasteiger partial charge in [0.2, 0.25) is 5.91 Å². The minimum Gasteiger partial charge on any atom is -0.374 e. The Morgan fingerprint density at radius 1 is 1.27 bits per heavy atom. The van der Waals surface area contributed by atoms with Gasteiger partial charge in [-0.05, 0) is 30.7 Å². The first-order valence-electron chi connectivity index (χ1n) is 8.23. The van der Waals surface area contributed by atoms with E-state index in [4.69, 9.17) is 4.74 Å². The first-order chi connectivity index (χ1) is 10.8. The number of nitrogens with zero attached hydrogens (tertiary/aromatic N) is 1. The molecule has 1 aromatic heterocycles. The van der Waals surface area contributed by atoms with Crippen molar-refractivity contribution in [3.05, 3.63) is 22.4 Å². The highest BCUT2D eigenvalue weighted by atomic mass is 32.1. The molecule has 1 aliphatic heterocycles. The smallest absolute Gasteiger partial charge is 0.222 e. The van der Waals surface area contributed by atoms with E-state index >= 15 is 0 Å². The van der Waals surface area contributed by atoms with Gasteiger partial charge in [-0.2, -0.15) is 0 Å². The summed E-state index contributed by atoms with van der Waals surface area (Å²) in [5.74, 6) is 0.347. The summed E-state index contributed by atoms with van der Waals surface area (Å²) in [6.07, 6.45) is 6.34. The first-order valence-corrected chi connectivity index (χ1v) is 9.11. The number of ketones is 1. The van der Waals surface area contributed by atoms with Gasteiger partial charge in [0.25, 0.3) is 0 Å². The Labute approximate surface area is 135 Å². The number of hydrogen-bond acceptors (Lipinski definition) is 4. The van der Waals surface area contributed by atoms with Gasteiger partial charge in [-0.15, -0.1) is 11.3 Å². The van der Waals surface area contributed by atoms with Crippen molar-refractivity contribution in [1.29, 1.82) is 0 Å². The van der Waals surface area contributed by atoms with Crippen molar-refractivity contribution in [2.45, 2.75) is 57.1 Å². The van der Waals surface area contributed by atoms with E-state index in [9.17, 15) is 9.59 Å². The van der Waals surface area contributed by atoms with Gasteiger partial charge in [-0.3, -0.25) is 9.59 Å². The number of hydrogen-bond donors (Lipinski definition) is 0. The highest BCUT2D eigenvalue weighted by molar-refractivity contribution is 7.12. The molecule has 1 aromatic rings. The molecule has 22 heavy (non-hydrogen) atoms. The maximum atomic E-state index is 12.5. The molecule has 0 spiro atoms. The molecule has 0 N–H and O–H groups in total. The van der Waals surface area contributed by atoms with E-state index in [1.54, 1.807) is 0 Å². The topological polar surface area (TPSA) is 46.6 Å². The fourth-order valence-electron chi connectivity index (χ4n) is 3.51. The molecule has 2 fully saturated rings. The Morgan fingerprint density at radius 3 is 2.95 bits per heavy atom. The molecule has 1 amide bonds. The number of ether oxygens (including phenoxy) is 1. The molecule has 1 saturated heterocycles. The molecule has 1 saturated carbocycles. The molecular weight excluding hydrogens is 298 g/mol. The lowest BCUT2D eigenvalue weighted by molar-refractivity contribution is -0.149. The van der Waals surface area contributed by atoms with Crippen molar-refractivity contribution in [2.75, 3.05) is 13.2 Å². The maximum absolute atomic E-state index is 12.5. The summed E-state index contributed by atoms with van der Waals surface area (Å²) in [6.45, 7) is 1.36. The van der Waals surface area contributed by atoms with Gasteiger partial charge < -0.3 is 9.64 Å². The number of carbonyl (C=O) groups excluding carboxylic acids is 2. The number of thiophene rings is 1. The van der Waals surface area contributed by atoms with Crippen LogP contribution < -0.4 is 0 Å². The van der Waals surface area contributed by atoms with Crippen LogP contribution in [0, 0.1) is 0 Å². The summed E-state index contributed by atoms with van der Waals surface area (Å²) in [5.41, 5.74) is 0. The van der Waals surface area contributed by atoms with Crippen molar-refractivity contribution in [1.82, 2.24) is 4.90 Å². The van der Waals surface area contributed by atoms with E-state index in [-0.39, 0.29) is 23.8 Å². The number of rotatable bonds is 5. The molecular formula is C17H23NO3S. The monoisotopic (exact) mass is 321 g/mol. The second-order valence-corrected chi connectivity index (χ2v) is 7.05. The van der Waals surface area contributed by atoms with Crippen LogP contribution in [0.4, 0.5) is 0 Å². The van der Waals surface area contributed by atoms with Crippen LogP contribution in [0.1, 0.15) is 54.6 Å². The lowest BCUT2D eigenvalue weighted by atomic mass is 9.90. The third kappa shape index (κ3) is 3.58. The third-order valence-electron chi connectivity index (χ3n) is 4.64. The van der Waals surface area contributed by atoms with Crippen molar-refractivity contribution >= 4 is 23.0 Å². The molecule has 5 heteroatoms. The van der Waals surface area contributed by atoms with Crippen LogP contribution >= 0.6 is 11.3 Å².